The van der Waals surface area contributed by atoms with Crippen LogP contribution in [-0.2, 0) is 4.79 Å². The first-order chi connectivity index (χ1) is 17.1. The van der Waals surface area contributed by atoms with Crippen molar-refractivity contribution >= 4 is 44.9 Å². The van der Waals surface area contributed by atoms with Crippen molar-refractivity contribution in [2.24, 2.45) is 5.92 Å². The highest BCUT2D eigenvalue weighted by molar-refractivity contribution is 7.13. The SMILES string of the molecule is CC(C)C(=O)Nc1cncc(-c2cc3c(-c4nc5c(-c6cccs6)cncc5[nH]4)n[nH]c3cn2)c1. The van der Waals surface area contributed by atoms with E-state index in [0.717, 1.165) is 37.9 Å². The second-order valence-electron chi connectivity index (χ2n) is 8.44. The molecule has 0 saturated carbocycles. The zero-order valence-corrected chi connectivity index (χ0v) is 19.7. The molecule has 0 aliphatic heterocycles. The molecule has 172 valence electrons. The molecule has 0 saturated heterocycles. The van der Waals surface area contributed by atoms with Crippen molar-refractivity contribution in [2.45, 2.75) is 13.8 Å². The number of nitrogens with zero attached hydrogens (tertiary/aromatic N) is 5. The van der Waals surface area contributed by atoms with Crippen LogP contribution in [0.1, 0.15) is 13.8 Å². The number of pyridine rings is 3. The minimum absolute atomic E-state index is 0.0641. The van der Waals surface area contributed by atoms with Crippen molar-refractivity contribution in [3.05, 3.63) is 60.6 Å². The normalized spacial score (nSPS) is 11.5. The van der Waals surface area contributed by atoms with E-state index in [4.69, 9.17) is 4.98 Å². The molecular weight excluding hydrogens is 460 g/mol. The molecule has 0 radical (unpaired) electrons. The number of aromatic amines is 2. The number of carbonyl (C=O) groups excluding carboxylic acids is 1. The summed E-state index contributed by atoms with van der Waals surface area (Å²) in [6.07, 6.45) is 8.69. The summed E-state index contributed by atoms with van der Waals surface area (Å²) in [5, 5.41) is 13.4. The van der Waals surface area contributed by atoms with E-state index in [1.807, 2.05) is 43.6 Å². The average molecular weight is 481 g/mol. The van der Waals surface area contributed by atoms with Gasteiger partial charge in [-0.1, -0.05) is 19.9 Å². The molecule has 6 rings (SSSR count). The van der Waals surface area contributed by atoms with E-state index in [0.29, 0.717) is 22.9 Å². The smallest absolute Gasteiger partial charge is 0.226 e. The Hall–Kier alpha value is -4.44. The molecule has 0 aromatic carbocycles. The van der Waals surface area contributed by atoms with Crippen molar-refractivity contribution in [1.29, 1.82) is 0 Å². The van der Waals surface area contributed by atoms with E-state index in [1.54, 1.807) is 36.1 Å². The number of aromatic nitrogens is 7. The number of rotatable bonds is 5. The van der Waals surface area contributed by atoms with Gasteiger partial charge in [-0.05, 0) is 23.6 Å². The van der Waals surface area contributed by atoms with Gasteiger partial charge in [0.1, 0.15) is 11.2 Å². The molecule has 3 N–H and O–H groups in total. The lowest BCUT2D eigenvalue weighted by molar-refractivity contribution is -0.118. The molecule has 0 unspecified atom stereocenters. The van der Waals surface area contributed by atoms with Crippen molar-refractivity contribution in [2.75, 3.05) is 5.32 Å². The molecular formula is C25H20N8OS. The summed E-state index contributed by atoms with van der Waals surface area (Å²) in [5.74, 6) is 0.456. The van der Waals surface area contributed by atoms with E-state index in [9.17, 15) is 4.79 Å². The summed E-state index contributed by atoms with van der Waals surface area (Å²) in [7, 11) is 0. The van der Waals surface area contributed by atoms with Crippen molar-refractivity contribution in [3.8, 4) is 33.2 Å². The minimum Gasteiger partial charge on any atom is -0.335 e. The third kappa shape index (κ3) is 3.83. The van der Waals surface area contributed by atoms with Crippen molar-refractivity contribution in [3.63, 3.8) is 0 Å². The third-order valence-electron chi connectivity index (χ3n) is 5.68. The number of amides is 1. The lowest BCUT2D eigenvalue weighted by atomic mass is 10.1. The maximum absolute atomic E-state index is 12.1. The fourth-order valence-corrected chi connectivity index (χ4v) is 4.58. The second-order valence-corrected chi connectivity index (χ2v) is 9.39. The number of carbonyl (C=O) groups is 1. The van der Waals surface area contributed by atoms with Gasteiger partial charge in [0.2, 0.25) is 5.91 Å². The number of hydrogen-bond donors (Lipinski definition) is 3. The van der Waals surface area contributed by atoms with Crippen LogP contribution in [0.2, 0.25) is 0 Å². The van der Waals surface area contributed by atoms with Crippen LogP contribution in [-0.4, -0.2) is 41.0 Å². The molecule has 10 heteroatoms. The molecule has 1 amide bonds. The van der Waals surface area contributed by atoms with E-state index >= 15 is 0 Å². The van der Waals surface area contributed by atoms with Gasteiger partial charge >= 0.3 is 0 Å². The molecule has 0 aliphatic rings. The highest BCUT2D eigenvalue weighted by atomic mass is 32.1. The predicted octanol–water partition coefficient (Wildman–Crippen LogP) is 5.28. The fourth-order valence-electron chi connectivity index (χ4n) is 3.85. The summed E-state index contributed by atoms with van der Waals surface area (Å²) < 4.78 is 0. The second kappa shape index (κ2) is 8.41. The first-order valence-corrected chi connectivity index (χ1v) is 11.9. The van der Waals surface area contributed by atoms with Gasteiger partial charge in [0.05, 0.1) is 41.0 Å². The van der Waals surface area contributed by atoms with Gasteiger partial charge in [0, 0.05) is 39.7 Å². The Bertz CT molecular complexity index is 1680. The van der Waals surface area contributed by atoms with Gasteiger partial charge in [0.15, 0.2) is 5.82 Å². The largest absolute Gasteiger partial charge is 0.335 e. The number of thiophene rings is 1. The molecule has 6 aromatic rings. The molecule has 6 heterocycles. The maximum Gasteiger partial charge on any atom is 0.226 e. The first kappa shape index (κ1) is 21.1. The Morgan fingerprint density at radius 3 is 2.77 bits per heavy atom. The van der Waals surface area contributed by atoms with Crippen LogP contribution >= 0.6 is 11.3 Å². The Morgan fingerprint density at radius 2 is 1.94 bits per heavy atom. The molecule has 9 nitrogen and oxygen atoms in total. The van der Waals surface area contributed by atoms with Gasteiger partial charge in [-0.2, -0.15) is 5.10 Å². The van der Waals surface area contributed by atoms with Gasteiger partial charge in [0.25, 0.3) is 0 Å². The highest BCUT2D eigenvalue weighted by Gasteiger charge is 2.17. The summed E-state index contributed by atoms with van der Waals surface area (Å²) in [4.78, 5) is 34.7. The Morgan fingerprint density at radius 1 is 1.06 bits per heavy atom. The molecule has 0 aliphatic carbocycles. The van der Waals surface area contributed by atoms with E-state index < -0.39 is 0 Å². The Balaban J connectivity index is 1.41. The van der Waals surface area contributed by atoms with Crippen LogP contribution in [0.3, 0.4) is 0 Å². The molecule has 6 aromatic heterocycles. The fraction of sp³-hybridized carbons (Fsp3) is 0.120. The molecule has 35 heavy (non-hydrogen) atoms. The summed E-state index contributed by atoms with van der Waals surface area (Å²) in [6.45, 7) is 3.69. The molecule has 0 atom stereocenters. The number of anilines is 1. The van der Waals surface area contributed by atoms with E-state index in [2.05, 4.69) is 41.5 Å². The zero-order chi connectivity index (χ0) is 23.9. The van der Waals surface area contributed by atoms with Crippen molar-refractivity contribution in [1.82, 2.24) is 35.1 Å². The number of hydrogen-bond acceptors (Lipinski definition) is 7. The Labute approximate surface area is 203 Å². The minimum atomic E-state index is -0.124. The zero-order valence-electron chi connectivity index (χ0n) is 18.9. The number of H-pyrrole nitrogens is 2. The third-order valence-corrected chi connectivity index (χ3v) is 6.58. The number of imidazole rings is 1. The first-order valence-electron chi connectivity index (χ1n) is 11.0. The lowest BCUT2D eigenvalue weighted by Gasteiger charge is -2.08. The average Bonchev–Trinajstić information content (AvgIpc) is 3.62. The molecule has 0 bridgehead atoms. The van der Waals surface area contributed by atoms with Crippen molar-refractivity contribution < 1.29 is 4.79 Å². The quantitative estimate of drug-likeness (QED) is 0.308. The topological polar surface area (TPSA) is 125 Å². The standard InChI is InChI=1S/C25H20N8OS/c1-13(2)25(34)29-15-6-14(8-26-9-15)18-7-16-19(12-28-18)32-33-23(16)24-30-20-11-27-10-17(22(20)31-24)21-4-3-5-35-21/h3-13H,1-2H3,(H,29,34)(H,30,31)(H,32,33). The van der Waals surface area contributed by atoms with Gasteiger partial charge in [-0.25, -0.2) is 4.98 Å². The number of fused-ring (bicyclic) bond motifs is 2. The maximum atomic E-state index is 12.1. The van der Waals surface area contributed by atoms with Crippen LogP contribution in [0.4, 0.5) is 5.69 Å². The Kier molecular flexibility index (Phi) is 5.07. The summed E-state index contributed by atoms with van der Waals surface area (Å²) in [5.41, 5.74) is 6.27. The van der Waals surface area contributed by atoms with Crippen LogP contribution < -0.4 is 5.32 Å². The van der Waals surface area contributed by atoms with E-state index in [-0.39, 0.29) is 11.8 Å². The van der Waals surface area contributed by atoms with E-state index in [1.165, 1.54) is 0 Å². The molecule has 0 spiro atoms. The van der Waals surface area contributed by atoms with Crippen LogP contribution in [0.25, 0.3) is 55.2 Å². The van der Waals surface area contributed by atoms with Crippen LogP contribution in [0.5, 0.6) is 0 Å². The highest BCUT2D eigenvalue weighted by Crippen LogP contribution is 2.33. The lowest BCUT2D eigenvalue weighted by Crippen LogP contribution is -2.17. The summed E-state index contributed by atoms with van der Waals surface area (Å²) in [6, 6.07) is 7.88. The number of nitrogens with one attached hydrogen (secondary N) is 3. The predicted molar refractivity (Wildman–Crippen MR) is 137 cm³/mol. The van der Waals surface area contributed by atoms with Gasteiger partial charge < -0.3 is 10.3 Å². The summed E-state index contributed by atoms with van der Waals surface area (Å²) >= 11 is 1.65. The van der Waals surface area contributed by atoms with Crippen LogP contribution in [0.15, 0.2) is 60.6 Å². The molecule has 0 fully saturated rings. The van der Waals surface area contributed by atoms with Crippen LogP contribution in [0, 0.1) is 5.92 Å². The monoisotopic (exact) mass is 480 g/mol. The van der Waals surface area contributed by atoms with Gasteiger partial charge in [-0.15, -0.1) is 11.3 Å². The van der Waals surface area contributed by atoms with Gasteiger partial charge in [-0.3, -0.25) is 24.8 Å².